The van der Waals surface area contributed by atoms with E-state index in [1.54, 1.807) is 23.4 Å². The van der Waals surface area contributed by atoms with Crippen LogP contribution in [-0.2, 0) is 6.42 Å². The number of rotatable bonds is 5. The van der Waals surface area contributed by atoms with E-state index in [1.165, 1.54) is 17.7 Å². The number of nitrogens with zero attached hydrogens (tertiary/aromatic N) is 4. The molecule has 1 saturated heterocycles. The first-order valence-corrected chi connectivity index (χ1v) is 10.7. The first-order valence-electron chi connectivity index (χ1n) is 10.7. The molecule has 2 aromatic rings. The minimum absolute atomic E-state index is 0.0263. The minimum Gasteiger partial charge on any atom is -0.435 e. The van der Waals surface area contributed by atoms with Crippen molar-refractivity contribution in [3.8, 4) is 5.75 Å². The van der Waals surface area contributed by atoms with Gasteiger partial charge in [-0.25, -0.2) is 14.8 Å². The second-order valence-electron chi connectivity index (χ2n) is 8.34. The van der Waals surface area contributed by atoms with Crippen LogP contribution in [-0.4, -0.2) is 53.2 Å². The SMILES string of the molecule is CC1=Cc2c(ncnc2N2CCN(C(=O)N[C@@H](C)c3cccc(OC(F)F)c3)[C@H](C)C2)C1. The highest BCUT2D eigenvalue weighted by Crippen LogP contribution is 2.31. The topological polar surface area (TPSA) is 70.6 Å². The number of carbonyl (C=O) groups is 1. The van der Waals surface area contributed by atoms with Gasteiger partial charge in [-0.1, -0.05) is 23.8 Å². The summed E-state index contributed by atoms with van der Waals surface area (Å²) in [7, 11) is 0. The van der Waals surface area contributed by atoms with Crippen molar-refractivity contribution >= 4 is 17.9 Å². The number of hydrogen-bond acceptors (Lipinski definition) is 5. The lowest BCUT2D eigenvalue weighted by Gasteiger charge is -2.41. The van der Waals surface area contributed by atoms with Crippen LogP contribution in [0.25, 0.3) is 6.08 Å². The second kappa shape index (κ2) is 9.10. The highest BCUT2D eigenvalue weighted by atomic mass is 19.3. The number of urea groups is 1. The summed E-state index contributed by atoms with van der Waals surface area (Å²) in [6.07, 6.45) is 4.60. The number of hydrogen-bond donors (Lipinski definition) is 1. The summed E-state index contributed by atoms with van der Waals surface area (Å²) in [6.45, 7) is 4.91. The first-order chi connectivity index (χ1) is 15.3. The van der Waals surface area contributed by atoms with Gasteiger partial charge in [-0.05, 0) is 38.5 Å². The summed E-state index contributed by atoms with van der Waals surface area (Å²) in [5.41, 5.74) is 4.09. The third kappa shape index (κ3) is 4.66. The highest BCUT2D eigenvalue weighted by Gasteiger charge is 2.30. The van der Waals surface area contributed by atoms with Crippen molar-refractivity contribution in [2.45, 2.75) is 45.9 Å². The van der Waals surface area contributed by atoms with Gasteiger partial charge in [0.25, 0.3) is 0 Å². The maximum Gasteiger partial charge on any atom is 0.387 e. The number of halogens is 2. The molecule has 2 amide bonds. The molecule has 0 radical (unpaired) electrons. The Morgan fingerprint density at radius 2 is 2.09 bits per heavy atom. The lowest BCUT2D eigenvalue weighted by atomic mass is 10.1. The standard InChI is InChI=1S/C23H27F2N5O2/c1-14-9-19-20(10-14)26-13-27-21(19)29-7-8-30(15(2)12-29)23(31)28-16(3)17-5-4-6-18(11-17)32-22(24)25/h4-6,9,11,13,15-16,22H,7-8,10,12H2,1-3H3,(H,28,31)/t15-,16+/m1/s1. The highest BCUT2D eigenvalue weighted by molar-refractivity contribution is 5.76. The molecule has 1 fully saturated rings. The molecule has 0 saturated carbocycles. The van der Waals surface area contributed by atoms with Crippen molar-refractivity contribution in [3.63, 3.8) is 0 Å². The molecule has 0 unspecified atom stereocenters. The molecule has 9 heteroatoms. The zero-order valence-electron chi connectivity index (χ0n) is 18.4. The van der Waals surface area contributed by atoms with Crippen molar-refractivity contribution in [3.05, 3.63) is 53.0 Å². The van der Waals surface area contributed by atoms with E-state index >= 15 is 0 Å². The largest absolute Gasteiger partial charge is 0.435 e. The average molecular weight is 443 g/mol. The molecule has 32 heavy (non-hydrogen) atoms. The molecule has 0 spiro atoms. The van der Waals surface area contributed by atoms with Gasteiger partial charge in [0.15, 0.2) is 0 Å². The average Bonchev–Trinajstić information content (AvgIpc) is 3.13. The Labute approximate surface area is 186 Å². The molecule has 1 aromatic carbocycles. The van der Waals surface area contributed by atoms with Crippen LogP contribution in [0, 0.1) is 0 Å². The number of piperazine rings is 1. The molecule has 170 valence electrons. The summed E-state index contributed by atoms with van der Waals surface area (Å²) >= 11 is 0. The smallest absolute Gasteiger partial charge is 0.387 e. The Balaban J connectivity index is 1.39. The van der Waals surface area contributed by atoms with Gasteiger partial charge < -0.3 is 19.9 Å². The molecule has 0 bridgehead atoms. The monoisotopic (exact) mass is 443 g/mol. The van der Waals surface area contributed by atoms with Gasteiger partial charge in [-0.2, -0.15) is 8.78 Å². The van der Waals surface area contributed by atoms with Gasteiger partial charge in [0.05, 0.1) is 11.7 Å². The molecule has 2 heterocycles. The number of alkyl halides is 2. The number of benzene rings is 1. The van der Waals surface area contributed by atoms with E-state index in [0.717, 1.165) is 23.5 Å². The van der Waals surface area contributed by atoms with E-state index in [0.29, 0.717) is 25.2 Å². The van der Waals surface area contributed by atoms with E-state index in [1.807, 2.05) is 13.8 Å². The normalized spacial score (nSPS) is 18.9. The zero-order chi connectivity index (χ0) is 22.8. The summed E-state index contributed by atoms with van der Waals surface area (Å²) in [5, 5.41) is 2.97. The molecule has 1 aliphatic carbocycles. The van der Waals surface area contributed by atoms with Crippen molar-refractivity contribution in [2.75, 3.05) is 24.5 Å². The van der Waals surface area contributed by atoms with Crippen LogP contribution in [0.15, 0.2) is 36.2 Å². The zero-order valence-corrected chi connectivity index (χ0v) is 18.4. The van der Waals surface area contributed by atoms with E-state index in [-0.39, 0.29) is 23.9 Å². The summed E-state index contributed by atoms with van der Waals surface area (Å²) in [6, 6.07) is 5.82. The maximum atomic E-state index is 12.9. The van der Waals surface area contributed by atoms with Crippen molar-refractivity contribution in [1.29, 1.82) is 0 Å². The number of anilines is 1. The Hall–Kier alpha value is -3.23. The van der Waals surface area contributed by atoms with Crippen LogP contribution in [0.4, 0.5) is 19.4 Å². The van der Waals surface area contributed by atoms with E-state index in [9.17, 15) is 13.6 Å². The number of amides is 2. The molecular weight excluding hydrogens is 416 g/mol. The van der Waals surface area contributed by atoms with E-state index in [4.69, 9.17) is 0 Å². The van der Waals surface area contributed by atoms with Gasteiger partial charge >= 0.3 is 12.6 Å². The third-order valence-electron chi connectivity index (χ3n) is 5.89. The van der Waals surface area contributed by atoms with Crippen molar-refractivity contribution < 1.29 is 18.3 Å². The fourth-order valence-corrected chi connectivity index (χ4v) is 4.29. The Bertz CT molecular complexity index is 1030. The predicted octanol–water partition coefficient (Wildman–Crippen LogP) is 4.02. The van der Waals surface area contributed by atoms with Crippen LogP contribution < -0.4 is 15.0 Å². The number of fused-ring (bicyclic) bond motifs is 1. The summed E-state index contributed by atoms with van der Waals surface area (Å²) in [5.74, 6) is 0.991. The summed E-state index contributed by atoms with van der Waals surface area (Å²) in [4.78, 5) is 25.9. The van der Waals surface area contributed by atoms with Gasteiger partial charge in [0.1, 0.15) is 17.9 Å². The fraction of sp³-hybridized carbons (Fsp3) is 0.435. The molecule has 4 rings (SSSR count). The maximum absolute atomic E-state index is 12.9. The lowest BCUT2D eigenvalue weighted by molar-refractivity contribution is -0.0499. The Morgan fingerprint density at radius 3 is 2.84 bits per heavy atom. The van der Waals surface area contributed by atoms with Gasteiger partial charge in [-0.15, -0.1) is 0 Å². The molecule has 1 N–H and O–H groups in total. The van der Waals surface area contributed by atoms with Crippen LogP contribution in [0.1, 0.15) is 43.6 Å². The van der Waals surface area contributed by atoms with Crippen LogP contribution in [0.5, 0.6) is 5.75 Å². The Kier molecular flexibility index (Phi) is 6.25. The molecular formula is C23H27F2N5O2. The lowest BCUT2D eigenvalue weighted by Crippen LogP contribution is -2.57. The van der Waals surface area contributed by atoms with Crippen LogP contribution in [0.3, 0.4) is 0 Å². The molecule has 7 nitrogen and oxygen atoms in total. The van der Waals surface area contributed by atoms with E-state index < -0.39 is 6.61 Å². The van der Waals surface area contributed by atoms with Crippen molar-refractivity contribution in [2.24, 2.45) is 0 Å². The quantitative estimate of drug-likeness (QED) is 0.756. The van der Waals surface area contributed by atoms with Gasteiger partial charge in [0.2, 0.25) is 0 Å². The van der Waals surface area contributed by atoms with Crippen LogP contribution in [0.2, 0.25) is 0 Å². The fourth-order valence-electron chi connectivity index (χ4n) is 4.29. The third-order valence-corrected chi connectivity index (χ3v) is 5.89. The number of nitrogens with one attached hydrogen (secondary N) is 1. The first kappa shape index (κ1) is 22.0. The minimum atomic E-state index is -2.89. The predicted molar refractivity (Wildman–Crippen MR) is 118 cm³/mol. The number of carbonyl (C=O) groups excluding carboxylic acids is 1. The van der Waals surface area contributed by atoms with E-state index in [2.05, 4.69) is 37.9 Å². The summed E-state index contributed by atoms with van der Waals surface area (Å²) < 4.78 is 29.4. The molecule has 1 aromatic heterocycles. The van der Waals surface area contributed by atoms with Crippen LogP contribution >= 0.6 is 0 Å². The number of ether oxygens (including phenoxy) is 1. The molecule has 1 aliphatic heterocycles. The molecule has 2 atom stereocenters. The number of aromatic nitrogens is 2. The second-order valence-corrected chi connectivity index (χ2v) is 8.34. The van der Waals surface area contributed by atoms with Gasteiger partial charge in [-0.3, -0.25) is 0 Å². The van der Waals surface area contributed by atoms with Gasteiger partial charge in [0, 0.05) is 37.7 Å². The van der Waals surface area contributed by atoms with Crippen molar-refractivity contribution in [1.82, 2.24) is 20.2 Å². The molecule has 2 aliphatic rings. The number of allylic oxidation sites excluding steroid dienone is 1. The Morgan fingerprint density at radius 1 is 1.28 bits per heavy atom.